The smallest absolute Gasteiger partial charge is 0.0817 e. The van der Waals surface area contributed by atoms with Crippen molar-refractivity contribution < 1.29 is 5.11 Å². The van der Waals surface area contributed by atoms with E-state index >= 15 is 0 Å². The van der Waals surface area contributed by atoms with Crippen LogP contribution in [0.2, 0.25) is 0 Å². The number of aliphatic hydroxyl groups excluding tert-OH is 1. The maximum Gasteiger partial charge on any atom is 0.0817 e. The van der Waals surface area contributed by atoms with Crippen LogP contribution in [-0.2, 0) is 0 Å². The van der Waals surface area contributed by atoms with Gasteiger partial charge in [0.2, 0.25) is 0 Å². The number of nitrogens with zero attached hydrogens (tertiary/aromatic N) is 2. The number of hydrogen-bond acceptors (Lipinski definition) is 3. The number of likely N-dealkylation sites (tertiary alicyclic amines) is 1. The highest BCUT2D eigenvalue weighted by molar-refractivity contribution is 5.77. The van der Waals surface area contributed by atoms with Crippen LogP contribution in [0.15, 0.2) is 42.6 Å². The summed E-state index contributed by atoms with van der Waals surface area (Å²) in [7, 11) is 2.02. The molecular formula is C19H24N2O. The second kappa shape index (κ2) is 6.91. The van der Waals surface area contributed by atoms with Gasteiger partial charge in [0.25, 0.3) is 0 Å². The van der Waals surface area contributed by atoms with Crippen LogP contribution < -0.4 is 0 Å². The predicted octanol–water partition coefficient (Wildman–Crippen LogP) is 2.95. The minimum atomic E-state index is -0.258. The second-order valence-electron chi connectivity index (χ2n) is 6.24. The van der Waals surface area contributed by atoms with Crippen molar-refractivity contribution in [3.8, 4) is 12.3 Å². The maximum absolute atomic E-state index is 9.64. The fraction of sp³-hybridized carbons (Fsp3) is 0.421. The van der Waals surface area contributed by atoms with Crippen LogP contribution in [0, 0.1) is 18.3 Å². The molecule has 0 spiro atoms. The number of hydrogen-bond donors (Lipinski definition) is 1. The van der Waals surface area contributed by atoms with E-state index in [1.54, 1.807) is 0 Å². The predicted molar refractivity (Wildman–Crippen MR) is 91.4 cm³/mol. The largest absolute Gasteiger partial charge is 0.393 e. The molecule has 1 aromatic carbocycles. The molecular weight excluding hydrogens is 272 g/mol. The molecule has 1 fully saturated rings. The number of rotatable bonds is 0. The number of terminal acetylenes is 1. The Morgan fingerprint density at radius 2 is 2.00 bits per heavy atom. The maximum atomic E-state index is 9.64. The highest BCUT2D eigenvalue weighted by atomic mass is 16.3. The number of aromatic nitrogens is 1. The summed E-state index contributed by atoms with van der Waals surface area (Å²) in [5.74, 6) is 3.08. The number of para-hydroxylation sites is 1. The zero-order valence-corrected chi connectivity index (χ0v) is 13.5. The number of aliphatic hydroxyl groups is 1. The molecule has 22 heavy (non-hydrogen) atoms. The minimum absolute atomic E-state index is 0.248. The lowest BCUT2D eigenvalue weighted by Crippen LogP contribution is -2.53. The molecule has 1 aromatic heterocycles. The summed E-state index contributed by atoms with van der Waals surface area (Å²) in [5, 5.41) is 10.8. The van der Waals surface area contributed by atoms with Crippen LogP contribution in [0.4, 0.5) is 0 Å². The molecule has 2 heterocycles. The lowest BCUT2D eigenvalue weighted by molar-refractivity contribution is -0.00779. The van der Waals surface area contributed by atoms with Crippen molar-refractivity contribution in [2.45, 2.75) is 31.9 Å². The van der Waals surface area contributed by atoms with E-state index in [0.29, 0.717) is 12.3 Å². The molecule has 3 unspecified atom stereocenters. The van der Waals surface area contributed by atoms with Crippen molar-refractivity contribution in [1.29, 1.82) is 0 Å². The Labute approximate surface area is 133 Å². The van der Waals surface area contributed by atoms with E-state index in [0.717, 1.165) is 12.1 Å². The van der Waals surface area contributed by atoms with Crippen molar-refractivity contribution in [1.82, 2.24) is 9.88 Å². The normalized spacial score (nSPS) is 28.5. The Bertz CT molecular complexity index is 598. The zero-order valence-electron chi connectivity index (χ0n) is 13.5. The number of fused-ring (bicyclic) bond motifs is 1. The summed E-state index contributed by atoms with van der Waals surface area (Å²) >= 11 is 0. The summed E-state index contributed by atoms with van der Waals surface area (Å²) in [6, 6.07) is 12.1. The SMILES string of the molecule is C#CC1(C)CC(O)C(C)CN1C.c1ccc2ncccc2c1. The van der Waals surface area contributed by atoms with Crippen LogP contribution in [0.5, 0.6) is 0 Å². The summed E-state index contributed by atoms with van der Waals surface area (Å²) in [4.78, 5) is 6.32. The zero-order chi connectivity index (χ0) is 16.2. The van der Waals surface area contributed by atoms with Crippen LogP contribution in [-0.4, -0.2) is 40.2 Å². The molecule has 0 radical (unpaired) electrons. The lowest BCUT2D eigenvalue weighted by atomic mass is 9.83. The highest BCUT2D eigenvalue weighted by Gasteiger charge is 2.37. The summed E-state index contributed by atoms with van der Waals surface area (Å²) in [6.07, 6.45) is 7.67. The molecule has 1 aliphatic rings. The van der Waals surface area contributed by atoms with Gasteiger partial charge in [0.05, 0.1) is 17.2 Å². The average molecular weight is 296 g/mol. The van der Waals surface area contributed by atoms with Crippen molar-refractivity contribution in [3.05, 3.63) is 42.6 Å². The van der Waals surface area contributed by atoms with Crippen LogP contribution in [0.3, 0.4) is 0 Å². The third kappa shape index (κ3) is 3.65. The first-order chi connectivity index (χ1) is 10.5. The quantitative estimate of drug-likeness (QED) is 0.759. The topological polar surface area (TPSA) is 36.4 Å². The standard InChI is InChI=1S/C10H17NO.C9H7N/c1-5-10(3)6-9(12)8(2)7-11(10)4;1-2-6-9-8(4-1)5-3-7-10-9/h1,8-9,12H,6-7H2,2-4H3;1-7H. The molecule has 0 aliphatic carbocycles. The van der Waals surface area contributed by atoms with Gasteiger partial charge < -0.3 is 5.11 Å². The molecule has 1 N–H and O–H groups in total. The van der Waals surface area contributed by atoms with Crippen LogP contribution in [0.25, 0.3) is 10.9 Å². The number of benzene rings is 1. The summed E-state index contributed by atoms with van der Waals surface area (Å²) < 4.78 is 0. The molecule has 3 heteroatoms. The van der Waals surface area contributed by atoms with E-state index in [4.69, 9.17) is 6.42 Å². The van der Waals surface area contributed by atoms with E-state index in [2.05, 4.69) is 34.9 Å². The molecule has 3 rings (SSSR count). The third-order valence-corrected chi connectivity index (χ3v) is 4.49. The van der Waals surface area contributed by atoms with Gasteiger partial charge in [-0.3, -0.25) is 9.88 Å². The second-order valence-corrected chi connectivity index (χ2v) is 6.24. The minimum Gasteiger partial charge on any atom is -0.393 e. The first-order valence-electron chi connectivity index (χ1n) is 7.63. The molecule has 2 aromatic rings. The molecule has 116 valence electrons. The average Bonchev–Trinajstić information content (AvgIpc) is 2.54. The highest BCUT2D eigenvalue weighted by Crippen LogP contribution is 2.28. The van der Waals surface area contributed by atoms with Gasteiger partial charge >= 0.3 is 0 Å². The monoisotopic (exact) mass is 296 g/mol. The molecule has 0 bridgehead atoms. The van der Waals surface area contributed by atoms with E-state index < -0.39 is 0 Å². The van der Waals surface area contributed by atoms with Crippen molar-refractivity contribution in [2.24, 2.45) is 5.92 Å². The first kappa shape index (κ1) is 16.5. The van der Waals surface area contributed by atoms with Crippen molar-refractivity contribution >= 4 is 10.9 Å². The van der Waals surface area contributed by atoms with Crippen LogP contribution in [0.1, 0.15) is 20.3 Å². The number of piperidine rings is 1. The molecule has 3 nitrogen and oxygen atoms in total. The first-order valence-corrected chi connectivity index (χ1v) is 7.63. The fourth-order valence-corrected chi connectivity index (χ4v) is 2.70. The van der Waals surface area contributed by atoms with Gasteiger partial charge in [-0.1, -0.05) is 37.1 Å². The van der Waals surface area contributed by atoms with Gasteiger partial charge in [0.15, 0.2) is 0 Å². The number of pyridine rings is 1. The molecule has 3 atom stereocenters. The molecule has 0 amide bonds. The van der Waals surface area contributed by atoms with Crippen LogP contribution >= 0.6 is 0 Å². The van der Waals surface area contributed by atoms with Gasteiger partial charge in [0, 0.05) is 24.5 Å². The van der Waals surface area contributed by atoms with E-state index in [1.807, 2.05) is 44.4 Å². The third-order valence-electron chi connectivity index (χ3n) is 4.49. The summed E-state index contributed by atoms with van der Waals surface area (Å²) in [5.41, 5.74) is 0.802. The Kier molecular flexibility index (Phi) is 5.18. The van der Waals surface area contributed by atoms with Gasteiger partial charge in [-0.25, -0.2) is 0 Å². The Morgan fingerprint density at radius 1 is 1.32 bits per heavy atom. The van der Waals surface area contributed by atoms with Gasteiger partial charge in [-0.05, 0) is 32.0 Å². The Morgan fingerprint density at radius 3 is 2.68 bits per heavy atom. The molecule has 1 saturated heterocycles. The molecule has 1 aliphatic heterocycles. The van der Waals surface area contributed by atoms with Crippen molar-refractivity contribution in [3.63, 3.8) is 0 Å². The van der Waals surface area contributed by atoms with Gasteiger partial charge in [-0.15, -0.1) is 6.42 Å². The lowest BCUT2D eigenvalue weighted by Gasteiger charge is -2.43. The van der Waals surface area contributed by atoms with Gasteiger partial charge in [0.1, 0.15) is 0 Å². The Balaban J connectivity index is 0.000000162. The molecule has 0 saturated carbocycles. The van der Waals surface area contributed by atoms with Gasteiger partial charge in [-0.2, -0.15) is 0 Å². The summed E-state index contributed by atoms with van der Waals surface area (Å²) in [6.45, 7) is 4.93. The fourth-order valence-electron chi connectivity index (χ4n) is 2.70. The Hall–Kier alpha value is -1.89. The van der Waals surface area contributed by atoms with E-state index in [1.165, 1.54) is 5.39 Å². The van der Waals surface area contributed by atoms with Crippen molar-refractivity contribution in [2.75, 3.05) is 13.6 Å². The van der Waals surface area contributed by atoms with E-state index in [-0.39, 0.29) is 11.6 Å². The van der Waals surface area contributed by atoms with E-state index in [9.17, 15) is 5.11 Å².